The van der Waals surface area contributed by atoms with Gasteiger partial charge in [-0.15, -0.1) is 0 Å². The lowest BCUT2D eigenvalue weighted by atomic mass is 9.88. The molecule has 0 saturated carbocycles. The Labute approximate surface area is 222 Å². The van der Waals surface area contributed by atoms with E-state index < -0.39 is 6.04 Å². The minimum Gasteiger partial charge on any atom is -0.380 e. The average molecular weight is 512 g/mol. The third kappa shape index (κ3) is 31.6. The third-order valence-corrected chi connectivity index (χ3v) is 3.95. The Morgan fingerprint density at radius 1 is 1.06 bits per heavy atom. The molecule has 3 amide bonds. The maximum atomic E-state index is 11.6. The van der Waals surface area contributed by atoms with E-state index in [1.807, 2.05) is 52.8 Å². The molecule has 0 heterocycles. The van der Waals surface area contributed by atoms with Crippen molar-refractivity contribution in [1.82, 2.24) is 15.5 Å². The molecule has 0 aliphatic rings. The summed E-state index contributed by atoms with van der Waals surface area (Å²) in [7, 11) is 1.68. The molecular formula is C29H57N3O4. The second kappa shape index (κ2) is 30.6. The summed E-state index contributed by atoms with van der Waals surface area (Å²) in [6, 6.07) is -0.876. The fourth-order valence-corrected chi connectivity index (χ4v) is 2.32. The molecule has 0 fully saturated rings. The number of allylic oxidation sites excluding steroid dienone is 3. The van der Waals surface area contributed by atoms with Gasteiger partial charge in [0.15, 0.2) is 0 Å². The average Bonchev–Trinajstić information content (AvgIpc) is 2.81. The van der Waals surface area contributed by atoms with Crippen molar-refractivity contribution in [3.05, 3.63) is 36.5 Å². The van der Waals surface area contributed by atoms with Crippen molar-refractivity contribution in [3.63, 3.8) is 0 Å². The molecule has 1 unspecified atom stereocenters. The van der Waals surface area contributed by atoms with Gasteiger partial charge in [-0.25, -0.2) is 4.79 Å². The van der Waals surface area contributed by atoms with Crippen LogP contribution in [0.15, 0.2) is 36.5 Å². The van der Waals surface area contributed by atoms with Crippen molar-refractivity contribution in [3.8, 4) is 0 Å². The molecule has 0 aromatic rings. The third-order valence-electron chi connectivity index (χ3n) is 3.95. The van der Waals surface area contributed by atoms with E-state index >= 15 is 0 Å². The Morgan fingerprint density at radius 3 is 1.97 bits per heavy atom. The number of rotatable bonds is 13. The van der Waals surface area contributed by atoms with Gasteiger partial charge < -0.3 is 25.1 Å². The van der Waals surface area contributed by atoms with Gasteiger partial charge in [0.05, 0.1) is 12.6 Å². The highest BCUT2D eigenvalue weighted by molar-refractivity contribution is 5.78. The quantitative estimate of drug-likeness (QED) is 0.172. The van der Waals surface area contributed by atoms with Crippen molar-refractivity contribution in [2.75, 3.05) is 33.4 Å². The van der Waals surface area contributed by atoms with E-state index in [1.54, 1.807) is 18.1 Å². The number of nitrogens with one attached hydrogen (secondary N) is 2. The Hall–Kier alpha value is -2.41. The van der Waals surface area contributed by atoms with Crippen LogP contribution in [0.25, 0.3) is 0 Å². The van der Waals surface area contributed by atoms with E-state index in [2.05, 4.69) is 44.9 Å². The molecule has 7 heteroatoms. The predicted molar refractivity (Wildman–Crippen MR) is 155 cm³/mol. The van der Waals surface area contributed by atoms with Crippen molar-refractivity contribution in [1.29, 1.82) is 0 Å². The van der Waals surface area contributed by atoms with Crippen LogP contribution in [0, 0.1) is 5.41 Å². The molecule has 36 heavy (non-hydrogen) atoms. The fraction of sp³-hybridized carbons (Fsp3) is 0.690. The lowest BCUT2D eigenvalue weighted by Gasteiger charge is -2.26. The minimum absolute atomic E-state index is 0.311. The molecule has 0 bridgehead atoms. The van der Waals surface area contributed by atoms with Gasteiger partial charge in [0.2, 0.25) is 6.41 Å². The van der Waals surface area contributed by atoms with E-state index in [1.165, 1.54) is 12.8 Å². The van der Waals surface area contributed by atoms with Crippen molar-refractivity contribution < 1.29 is 19.1 Å². The summed E-state index contributed by atoms with van der Waals surface area (Å²) in [6.45, 7) is 24.2. The largest absolute Gasteiger partial charge is 0.380 e. The predicted octanol–water partition coefficient (Wildman–Crippen LogP) is 6.31. The number of methoxy groups -OCH3 is 1. The maximum absolute atomic E-state index is 11.6. The fourth-order valence-electron chi connectivity index (χ4n) is 2.32. The Balaban J connectivity index is -0.000000265. The highest BCUT2D eigenvalue weighted by Crippen LogP contribution is 2.17. The first-order valence-electron chi connectivity index (χ1n) is 13.1. The molecule has 0 saturated heterocycles. The summed E-state index contributed by atoms with van der Waals surface area (Å²) in [5.41, 5.74) is 0.828. The summed E-state index contributed by atoms with van der Waals surface area (Å²) in [4.78, 5) is 35.0. The molecule has 212 valence electrons. The van der Waals surface area contributed by atoms with Gasteiger partial charge in [-0.1, -0.05) is 99.1 Å². The van der Waals surface area contributed by atoms with Crippen molar-refractivity contribution in [2.24, 2.45) is 5.41 Å². The van der Waals surface area contributed by atoms with Crippen LogP contribution < -0.4 is 10.6 Å². The van der Waals surface area contributed by atoms with E-state index in [-0.39, 0.29) is 11.4 Å². The molecule has 0 aromatic carbocycles. The first kappa shape index (κ1) is 40.7. The van der Waals surface area contributed by atoms with E-state index in [9.17, 15) is 14.4 Å². The lowest BCUT2D eigenvalue weighted by molar-refractivity contribution is -0.118. The summed E-state index contributed by atoms with van der Waals surface area (Å²) in [5, 5.41) is 5.32. The number of urea groups is 1. The van der Waals surface area contributed by atoms with Crippen LogP contribution in [0.5, 0.6) is 0 Å². The van der Waals surface area contributed by atoms with Gasteiger partial charge in [-0.3, -0.25) is 4.79 Å². The first-order valence-corrected chi connectivity index (χ1v) is 13.1. The SMILES string of the molecule is C=C/C=C(\C=C/C)COC.CCC.CCC.CCCN(C=O)CCCNC(=O)NC(C=O)C(C)(C)C. The molecule has 0 rings (SSSR count). The molecule has 0 radical (unpaired) electrons. The summed E-state index contributed by atoms with van der Waals surface area (Å²) in [5.74, 6) is 0. The standard InChI is InChI=1S/C14H27N3O3.C9H14O.2C3H8/c1-5-8-17(11-19)9-6-7-15-13(20)16-12(10-18)14(2,3)4;1-4-6-9(7-5-2)8-10-3;2*1-3-2/h10-12H,5-9H2,1-4H3,(H2,15,16,20);4-7H,1,8H2,2-3H3;2*3H2,1-2H3/b;7-5-,9-6+;;. The number of amides is 3. The molecule has 2 N–H and O–H groups in total. The molecular weight excluding hydrogens is 454 g/mol. The maximum Gasteiger partial charge on any atom is 0.315 e. The Kier molecular flexibility index (Phi) is 34.7. The van der Waals surface area contributed by atoms with E-state index in [0.29, 0.717) is 26.1 Å². The summed E-state index contributed by atoms with van der Waals surface area (Å²) < 4.78 is 4.94. The van der Waals surface area contributed by atoms with Crippen LogP contribution in [0.2, 0.25) is 0 Å². The minimum atomic E-state index is -0.519. The molecule has 0 aromatic heterocycles. The molecule has 0 aliphatic heterocycles. The first-order chi connectivity index (χ1) is 17.0. The zero-order chi connectivity index (χ0) is 28.8. The molecule has 0 aliphatic carbocycles. The molecule has 1 atom stereocenters. The van der Waals surface area contributed by atoms with Gasteiger partial charge in [-0.05, 0) is 30.8 Å². The lowest BCUT2D eigenvalue weighted by Crippen LogP contribution is -2.49. The van der Waals surface area contributed by atoms with E-state index in [0.717, 1.165) is 31.2 Å². The zero-order valence-corrected chi connectivity index (χ0v) is 25.0. The zero-order valence-electron chi connectivity index (χ0n) is 25.0. The summed E-state index contributed by atoms with van der Waals surface area (Å²) in [6.07, 6.45) is 13.4. The van der Waals surface area contributed by atoms with Crippen LogP contribution in [0.4, 0.5) is 4.79 Å². The topological polar surface area (TPSA) is 87.7 Å². The smallest absolute Gasteiger partial charge is 0.315 e. The van der Waals surface area contributed by atoms with Gasteiger partial charge >= 0.3 is 6.03 Å². The van der Waals surface area contributed by atoms with Gasteiger partial charge in [0.1, 0.15) is 6.29 Å². The van der Waals surface area contributed by atoms with Crippen molar-refractivity contribution >= 4 is 18.7 Å². The Bertz CT molecular complexity index is 580. The highest BCUT2D eigenvalue weighted by Gasteiger charge is 2.25. The van der Waals surface area contributed by atoms with Crippen LogP contribution in [0.1, 0.15) is 88.0 Å². The van der Waals surface area contributed by atoms with Crippen molar-refractivity contribution in [2.45, 2.75) is 94.0 Å². The number of carbonyl (C=O) groups excluding carboxylic acids is 3. The highest BCUT2D eigenvalue weighted by atomic mass is 16.5. The monoisotopic (exact) mass is 511 g/mol. The number of nitrogens with zero attached hydrogens (tertiary/aromatic N) is 1. The number of aldehydes is 1. The molecule has 0 spiro atoms. The number of hydrogen-bond acceptors (Lipinski definition) is 4. The normalized spacial score (nSPS) is 11.3. The van der Waals surface area contributed by atoms with Gasteiger partial charge in [0, 0.05) is 26.7 Å². The van der Waals surface area contributed by atoms with Gasteiger partial charge in [-0.2, -0.15) is 0 Å². The second-order valence-electron chi connectivity index (χ2n) is 9.20. The number of ether oxygens (including phenoxy) is 1. The number of hydrogen-bond donors (Lipinski definition) is 2. The van der Waals surface area contributed by atoms with Crippen LogP contribution >= 0.6 is 0 Å². The van der Waals surface area contributed by atoms with Crippen LogP contribution in [0.3, 0.4) is 0 Å². The Morgan fingerprint density at radius 2 is 1.61 bits per heavy atom. The van der Waals surface area contributed by atoms with Crippen LogP contribution in [-0.4, -0.2) is 63.0 Å². The molecule has 7 nitrogen and oxygen atoms in total. The second-order valence-corrected chi connectivity index (χ2v) is 9.20. The van der Waals surface area contributed by atoms with Gasteiger partial charge in [0.25, 0.3) is 0 Å². The van der Waals surface area contributed by atoms with E-state index in [4.69, 9.17) is 4.74 Å². The van der Waals surface area contributed by atoms with Crippen LogP contribution in [-0.2, 0) is 14.3 Å². The number of carbonyl (C=O) groups is 3. The summed E-state index contributed by atoms with van der Waals surface area (Å²) >= 11 is 0.